The summed E-state index contributed by atoms with van der Waals surface area (Å²) in [5, 5.41) is 9.95. The van der Waals surface area contributed by atoms with Crippen LogP contribution >= 0.6 is 0 Å². The van der Waals surface area contributed by atoms with Crippen molar-refractivity contribution in [3.8, 4) is 0 Å². The van der Waals surface area contributed by atoms with Gasteiger partial charge < -0.3 is 14.9 Å². The third kappa shape index (κ3) is 2.66. The van der Waals surface area contributed by atoms with Crippen molar-refractivity contribution in [1.29, 1.82) is 0 Å². The van der Waals surface area contributed by atoms with E-state index in [-0.39, 0.29) is 24.9 Å². The highest BCUT2D eigenvalue weighted by Crippen LogP contribution is 2.44. The van der Waals surface area contributed by atoms with Gasteiger partial charge in [-0.2, -0.15) is 0 Å². The minimum absolute atomic E-state index is 0.0211. The van der Waals surface area contributed by atoms with E-state index >= 15 is 0 Å². The lowest BCUT2D eigenvalue weighted by Crippen LogP contribution is -2.53. The van der Waals surface area contributed by atoms with Crippen molar-refractivity contribution in [3.63, 3.8) is 0 Å². The maximum atomic E-state index is 12.4. The first-order chi connectivity index (χ1) is 11.5. The van der Waals surface area contributed by atoms with Crippen LogP contribution in [-0.4, -0.2) is 47.9 Å². The number of carbonyl (C=O) groups is 3. The van der Waals surface area contributed by atoms with Crippen LogP contribution in [-0.2, 0) is 19.8 Å². The number of likely N-dealkylation sites (N-methyl/N-ethyl adjacent to an activating group) is 1. The van der Waals surface area contributed by atoms with Crippen LogP contribution in [0.1, 0.15) is 37.7 Å². The number of piperazine rings is 1. The molecule has 1 N–H and O–H groups in total. The molecule has 128 valence electrons. The van der Waals surface area contributed by atoms with E-state index in [2.05, 4.69) is 0 Å². The Bertz CT molecular complexity index is 679. The number of hydrogen-bond donors (Lipinski definition) is 1. The second-order valence-corrected chi connectivity index (χ2v) is 6.69. The molecule has 24 heavy (non-hydrogen) atoms. The van der Waals surface area contributed by atoms with Crippen molar-refractivity contribution in [2.45, 2.75) is 37.5 Å². The quantitative estimate of drug-likeness (QED) is 0.916. The van der Waals surface area contributed by atoms with Gasteiger partial charge in [-0.3, -0.25) is 14.4 Å². The SMILES string of the molecule is CN1CC(=O)N(c2ccccc2C2(C(=O)O)CCCCC2)CC1=O. The third-order valence-corrected chi connectivity index (χ3v) is 5.22. The highest BCUT2D eigenvalue weighted by atomic mass is 16.4. The molecule has 2 fully saturated rings. The summed E-state index contributed by atoms with van der Waals surface area (Å²) in [5.41, 5.74) is 0.248. The van der Waals surface area contributed by atoms with Crippen LogP contribution in [0.15, 0.2) is 24.3 Å². The average molecular weight is 330 g/mol. The van der Waals surface area contributed by atoms with Crippen molar-refractivity contribution in [1.82, 2.24) is 4.90 Å². The lowest BCUT2D eigenvalue weighted by molar-refractivity contribution is -0.145. The minimum Gasteiger partial charge on any atom is -0.481 e. The van der Waals surface area contributed by atoms with Gasteiger partial charge in [0.15, 0.2) is 0 Å². The number of nitrogens with zero attached hydrogens (tertiary/aromatic N) is 2. The van der Waals surface area contributed by atoms with Crippen LogP contribution in [0.3, 0.4) is 0 Å². The lowest BCUT2D eigenvalue weighted by atomic mass is 9.68. The summed E-state index contributed by atoms with van der Waals surface area (Å²) < 4.78 is 0. The normalized spacial score (nSPS) is 21.0. The smallest absolute Gasteiger partial charge is 0.314 e. The Hall–Kier alpha value is -2.37. The predicted octanol–water partition coefficient (Wildman–Crippen LogP) is 1.78. The maximum absolute atomic E-state index is 12.4. The molecule has 0 unspecified atom stereocenters. The molecule has 1 aromatic carbocycles. The molecule has 0 spiro atoms. The van der Waals surface area contributed by atoms with Crippen LogP contribution in [0.4, 0.5) is 5.69 Å². The van der Waals surface area contributed by atoms with Crippen LogP contribution in [0.2, 0.25) is 0 Å². The van der Waals surface area contributed by atoms with E-state index in [1.54, 1.807) is 31.3 Å². The van der Waals surface area contributed by atoms with Crippen LogP contribution in [0.5, 0.6) is 0 Å². The first kappa shape index (κ1) is 16.5. The minimum atomic E-state index is -0.971. The van der Waals surface area contributed by atoms with Gasteiger partial charge in [-0.25, -0.2) is 0 Å². The van der Waals surface area contributed by atoms with Crippen molar-refractivity contribution in [2.24, 2.45) is 0 Å². The number of carboxylic acids is 1. The van der Waals surface area contributed by atoms with E-state index in [4.69, 9.17) is 0 Å². The lowest BCUT2D eigenvalue weighted by Gasteiger charge is -2.38. The molecule has 1 aliphatic carbocycles. The Morgan fingerprint density at radius 1 is 1.04 bits per heavy atom. The molecule has 1 saturated heterocycles. The molecule has 1 saturated carbocycles. The molecule has 1 heterocycles. The van der Waals surface area contributed by atoms with E-state index in [9.17, 15) is 19.5 Å². The monoisotopic (exact) mass is 330 g/mol. The highest BCUT2D eigenvalue weighted by molar-refractivity contribution is 6.05. The van der Waals surface area contributed by atoms with Crippen LogP contribution in [0.25, 0.3) is 0 Å². The van der Waals surface area contributed by atoms with Gasteiger partial charge in [0.1, 0.15) is 6.54 Å². The van der Waals surface area contributed by atoms with E-state index in [0.29, 0.717) is 24.1 Å². The highest BCUT2D eigenvalue weighted by Gasteiger charge is 2.44. The number of rotatable bonds is 3. The fourth-order valence-electron chi connectivity index (χ4n) is 3.81. The third-order valence-electron chi connectivity index (χ3n) is 5.22. The molecule has 2 aliphatic rings. The summed E-state index contributed by atoms with van der Waals surface area (Å²) in [7, 11) is 1.60. The summed E-state index contributed by atoms with van der Waals surface area (Å²) >= 11 is 0. The summed E-state index contributed by atoms with van der Waals surface area (Å²) in [6.45, 7) is -0.0186. The first-order valence-electron chi connectivity index (χ1n) is 8.33. The molecule has 6 nitrogen and oxygen atoms in total. The van der Waals surface area contributed by atoms with E-state index in [1.807, 2.05) is 0 Å². The molecule has 0 radical (unpaired) electrons. The Balaban J connectivity index is 2.06. The van der Waals surface area contributed by atoms with Crippen molar-refractivity contribution in [3.05, 3.63) is 29.8 Å². The molecule has 0 aromatic heterocycles. The van der Waals surface area contributed by atoms with Gasteiger partial charge in [0, 0.05) is 12.7 Å². The topological polar surface area (TPSA) is 77.9 Å². The first-order valence-corrected chi connectivity index (χ1v) is 8.33. The van der Waals surface area contributed by atoms with Crippen LogP contribution < -0.4 is 4.90 Å². The zero-order chi connectivity index (χ0) is 17.3. The number of benzene rings is 1. The van der Waals surface area contributed by atoms with Gasteiger partial charge in [0.05, 0.1) is 12.0 Å². The van der Waals surface area contributed by atoms with Crippen molar-refractivity contribution < 1.29 is 19.5 Å². The van der Waals surface area contributed by atoms with Gasteiger partial charge >= 0.3 is 5.97 Å². The fraction of sp³-hybridized carbons (Fsp3) is 0.500. The Labute approximate surface area is 141 Å². The summed E-state index contributed by atoms with van der Waals surface area (Å²) in [6.07, 6.45) is 3.88. The van der Waals surface area contributed by atoms with Gasteiger partial charge in [-0.05, 0) is 24.5 Å². The molecule has 2 amide bonds. The summed E-state index contributed by atoms with van der Waals surface area (Å²) in [4.78, 5) is 39.5. The average Bonchev–Trinajstić information content (AvgIpc) is 2.58. The van der Waals surface area contributed by atoms with Gasteiger partial charge in [0.2, 0.25) is 11.8 Å². The van der Waals surface area contributed by atoms with Gasteiger partial charge in [0.25, 0.3) is 0 Å². The predicted molar refractivity (Wildman–Crippen MR) is 88.8 cm³/mol. The molecule has 0 atom stereocenters. The van der Waals surface area contributed by atoms with Crippen molar-refractivity contribution in [2.75, 3.05) is 25.0 Å². The molecule has 1 aliphatic heterocycles. The maximum Gasteiger partial charge on any atom is 0.314 e. The number of hydrogen-bond acceptors (Lipinski definition) is 3. The van der Waals surface area contributed by atoms with E-state index in [0.717, 1.165) is 19.3 Å². The summed E-state index contributed by atoms with van der Waals surface area (Å²) in [5.74, 6) is -1.17. The molecule has 0 bridgehead atoms. The van der Waals surface area contributed by atoms with E-state index < -0.39 is 11.4 Å². The second-order valence-electron chi connectivity index (χ2n) is 6.69. The molecular weight excluding hydrogens is 308 g/mol. The van der Waals surface area contributed by atoms with Gasteiger partial charge in [-0.1, -0.05) is 37.5 Å². The number of carbonyl (C=O) groups excluding carboxylic acids is 2. The number of para-hydroxylation sites is 1. The second kappa shape index (κ2) is 6.26. The number of anilines is 1. The summed E-state index contributed by atoms with van der Waals surface area (Å²) in [6, 6.07) is 7.14. The van der Waals surface area contributed by atoms with Crippen LogP contribution in [0, 0.1) is 0 Å². The Morgan fingerprint density at radius 2 is 1.71 bits per heavy atom. The molecule has 3 rings (SSSR count). The molecule has 6 heteroatoms. The Kier molecular flexibility index (Phi) is 4.30. The molecule has 1 aromatic rings. The van der Waals surface area contributed by atoms with E-state index in [1.165, 1.54) is 9.80 Å². The zero-order valence-corrected chi connectivity index (χ0v) is 13.8. The van der Waals surface area contributed by atoms with Gasteiger partial charge in [-0.15, -0.1) is 0 Å². The molecular formula is C18H22N2O4. The largest absolute Gasteiger partial charge is 0.481 e. The standard InChI is InChI=1S/C18H22N2O4/c1-19-11-16(22)20(12-15(19)21)14-8-4-3-7-13(14)18(17(23)24)9-5-2-6-10-18/h3-4,7-8H,2,5-6,9-12H2,1H3,(H,23,24). The number of carboxylic acid groups (broad SMARTS) is 1. The number of amides is 2. The number of aliphatic carboxylic acids is 1. The zero-order valence-electron chi connectivity index (χ0n) is 13.8. The fourth-order valence-corrected chi connectivity index (χ4v) is 3.81. The van der Waals surface area contributed by atoms with Crippen molar-refractivity contribution >= 4 is 23.5 Å². The Morgan fingerprint density at radius 3 is 2.38 bits per heavy atom.